The Morgan fingerprint density at radius 1 is 0.600 bits per heavy atom. The van der Waals surface area contributed by atoms with Crippen molar-refractivity contribution in [1.82, 2.24) is 0 Å². The quantitative estimate of drug-likeness (QED) is 0.0120. The van der Waals surface area contributed by atoms with Gasteiger partial charge in [-0.1, -0.05) is 114 Å². The lowest BCUT2D eigenvalue weighted by molar-refractivity contribution is -0.220. The highest BCUT2D eigenvalue weighted by Gasteiger charge is 2.51. The van der Waals surface area contributed by atoms with Crippen LogP contribution in [0.2, 0.25) is 0 Å². The van der Waals surface area contributed by atoms with Gasteiger partial charge in [-0.2, -0.15) is 0 Å². The van der Waals surface area contributed by atoms with Gasteiger partial charge in [0, 0.05) is 12.8 Å². The zero-order chi connectivity index (χ0) is 44.0. The van der Waals surface area contributed by atoms with Crippen LogP contribution in [0, 0.1) is 0 Å². The Hall–Kier alpha value is -2.23. The lowest BCUT2D eigenvalue weighted by atomic mass is 9.85. The minimum atomic E-state index is -5.14. The summed E-state index contributed by atoms with van der Waals surface area (Å²) in [6, 6.07) is 0. The summed E-state index contributed by atoms with van der Waals surface area (Å²) in [4.78, 5) is 35.7. The van der Waals surface area contributed by atoms with Crippen LogP contribution in [-0.2, 0) is 37.4 Å². The number of carbonyl (C=O) groups excluding carboxylic acids is 2. The highest BCUT2D eigenvalue weighted by Crippen LogP contribution is 2.47. The Morgan fingerprint density at radius 2 is 1.10 bits per heavy atom. The lowest BCUT2D eigenvalue weighted by Crippen LogP contribution is -2.64. The van der Waals surface area contributed by atoms with Crippen LogP contribution in [-0.4, -0.2) is 111 Å². The molecule has 2 aliphatic rings. The van der Waals surface area contributed by atoms with Gasteiger partial charge in [0.1, 0.15) is 43.2 Å². The second-order valence-electron chi connectivity index (χ2n) is 15.9. The van der Waals surface area contributed by atoms with Gasteiger partial charge < -0.3 is 44.6 Å². The fourth-order valence-corrected chi connectivity index (χ4v) is 7.74. The molecular weight excluding hydrogens is 795 g/mol. The van der Waals surface area contributed by atoms with E-state index in [2.05, 4.69) is 62.5 Å². The summed E-state index contributed by atoms with van der Waals surface area (Å²) in [5.74, 6) is -1.17. The molecule has 14 nitrogen and oxygen atoms in total. The summed E-state index contributed by atoms with van der Waals surface area (Å²) >= 11 is 0. The zero-order valence-electron chi connectivity index (χ0n) is 36.2. The Balaban J connectivity index is 1.74. The van der Waals surface area contributed by atoms with Crippen LogP contribution < -0.4 is 0 Å². The average Bonchev–Trinajstić information content (AvgIpc) is 3.99. The number of allylic oxidation sites excluding steroid dienone is 7. The molecule has 1 saturated carbocycles. The van der Waals surface area contributed by atoms with Crippen molar-refractivity contribution in [2.24, 2.45) is 0 Å². The van der Waals surface area contributed by atoms with Gasteiger partial charge in [-0.15, -0.1) is 0 Å². The molecule has 0 amide bonds. The molecule has 1 aliphatic heterocycles. The first kappa shape index (κ1) is 53.9. The van der Waals surface area contributed by atoms with Gasteiger partial charge in [0.15, 0.2) is 6.10 Å². The largest absolute Gasteiger partial charge is 0.472 e. The highest BCUT2D eigenvalue weighted by molar-refractivity contribution is 7.47. The van der Waals surface area contributed by atoms with Gasteiger partial charge in [0.25, 0.3) is 0 Å². The van der Waals surface area contributed by atoms with Crippen molar-refractivity contribution in [3.05, 3.63) is 48.6 Å². The van der Waals surface area contributed by atoms with Crippen LogP contribution in [0.25, 0.3) is 0 Å². The fourth-order valence-electron chi connectivity index (χ4n) is 6.77. The molecule has 0 spiro atoms. The number of hydrogen-bond donors (Lipinski definition) is 6. The van der Waals surface area contributed by atoms with Crippen molar-refractivity contribution in [3.63, 3.8) is 0 Å². The molecule has 0 aromatic carbocycles. The van der Waals surface area contributed by atoms with E-state index in [1.165, 1.54) is 38.5 Å². The summed E-state index contributed by atoms with van der Waals surface area (Å²) in [5, 5.41) is 50.1. The summed E-state index contributed by atoms with van der Waals surface area (Å²) < 4.78 is 39.2. The van der Waals surface area contributed by atoms with E-state index in [0.29, 0.717) is 25.0 Å². The predicted octanol–water partition coefficient (Wildman–Crippen LogP) is 7.38. The van der Waals surface area contributed by atoms with Crippen molar-refractivity contribution in [1.29, 1.82) is 0 Å². The maximum Gasteiger partial charge on any atom is 0.472 e. The van der Waals surface area contributed by atoms with Crippen molar-refractivity contribution in [2.45, 2.75) is 210 Å². The fraction of sp³-hybridized carbons (Fsp3) is 0.778. The molecule has 60 heavy (non-hydrogen) atoms. The van der Waals surface area contributed by atoms with Crippen molar-refractivity contribution in [3.8, 4) is 0 Å². The second kappa shape index (κ2) is 32.4. The Kier molecular flexibility index (Phi) is 29.1. The maximum atomic E-state index is 12.8. The van der Waals surface area contributed by atoms with Gasteiger partial charge in [-0.05, 0) is 77.0 Å². The lowest BCUT2D eigenvalue weighted by Gasteiger charge is -2.41. The molecule has 1 heterocycles. The molecule has 6 N–H and O–H groups in total. The number of rotatable bonds is 35. The smallest absolute Gasteiger partial charge is 0.462 e. The van der Waals surface area contributed by atoms with Crippen LogP contribution in [0.3, 0.4) is 0 Å². The molecule has 2 fully saturated rings. The van der Waals surface area contributed by atoms with E-state index in [1.54, 1.807) is 0 Å². The summed E-state index contributed by atoms with van der Waals surface area (Å²) in [5.41, 5.74) is 0. The van der Waals surface area contributed by atoms with Crippen molar-refractivity contribution in [2.75, 3.05) is 13.2 Å². The molecular formula is C45H77O14P. The number of ether oxygens (including phenoxy) is 3. The minimum Gasteiger partial charge on any atom is -0.462 e. The Bertz CT molecular complexity index is 1300. The number of carbonyl (C=O) groups is 2. The molecule has 10 atom stereocenters. The van der Waals surface area contributed by atoms with E-state index < -0.39 is 75.7 Å². The van der Waals surface area contributed by atoms with Gasteiger partial charge >= 0.3 is 19.8 Å². The molecule has 0 radical (unpaired) electrons. The van der Waals surface area contributed by atoms with Gasteiger partial charge in [-0.25, -0.2) is 4.57 Å². The predicted molar refractivity (Wildman–Crippen MR) is 230 cm³/mol. The number of phosphoric ester groups is 1. The summed E-state index contributed by atoms with van der Waals surface area (Å²) in [7, 11) is -5.14. The van der Waals surface area contributed by atoms with Crippen molar-refractivity contribution < 1.29 is 67.8 Å². The molecule has 1 aliphatic carbocycles. The number of epoxide rings is 1. The van der Waals surface area contributed by atoms with E-state index in [1.807, 2.05) is 0 Å². The normalized spacial score (nSPS) is 26.0. The summed E-state index contributed by atoms with van der Waals surface area (Å²) in [6.07, 6.45) is 24.7. The van der Waals surface area contributed by atoms with Crippen LogP contribution >= 0.6 is 7.82 Å². The zero-order valence-corrected chi connectivity index (χ0v) is 37.1. The second-order valence-corrected chi connectivity index (χ2v) is 17.3. The number of aliphatic hydroxyl groups is 5. The standard InChI is InChI=1S/C45H77O14P/c1-3-5-7-9-11-12-13-14-15-16-17-18-19-23-28-32-39(47)57-35(34-56-60(53,54)59-45-43(51)41(49)40(48)42(50)44(45)52)33-55-38(46)31-27-24-20-22-26-30-37-36(58-37)29-25-21-10-8-6-4-2/h11-12,14-15,17-18,21,25,35-37,40-45,48-52H,3-10,13,16,19-20,22-24,26-34H2,1-2H3,(H,53,54)/b12-11-,15-14-,18-17-,25-21-/t35-,36?,37?,40?,41-,42+,43-,44-,45?/m1/s1. The molecule has 0 aromatic rings. The molecule has 2 rings (SSSR count). The number of hydrogen-bond acceptors (Lipinski definition) is 13. The third-order valence-electron chi connectivity index (χ3n) is 10.6. The molecule has 5 unspecified atom stereocenters. The van der Waals surface area contributed by atoms with E-state index in [9.17, 15) is 44.6 Å². The number of phosphoric acid groups is 1. The van der Waals surface area contributed by atoms with E-state index in [0.717, 1.165) is 77.0 Å². The highest BCUT2D eigenvalue weighted by atomic mass is 31.2. The number of aliphatic hydroxyl groups excluding tert-OH is 5. The maximum absolute atomic E-state index is 12.8. The van der Waals surface area contributed by atoms with Crippen LogP contribution in [0.15, 0.2) is 48.6 Å². The van der Waals surface area contributed by atoms with Crippen LogP contribution in [0.5, 0.6) is 0 Å². The van der Waals surface area contributed by atoms with E-state index >= 15 is 0 Å². The topological polar surface area (TPSA) is 222 Å². The molecule has 15 heteroatoms. The first-order chi connectivity index (χ1) is 28.9. The third-order valence-corrected chi connectivity index (χ3v) is 11.6. The first-order valence-electron chi connectivity index (χ1n) is 22.6. The SMILES string of the molecule is CCCCC/C=C\C/C=C\C/C=C\CCCCC(=O)O[C@H](COC(=O)CCCCCCCC1OC1C/C=C\CCCCC)COP(=O)(O)OC1[C@H](O)[C@H](O)C(O)[C@H](O)[C@H]1O. The molecule has 0 bridgehead atoms. The molecule has 1 saturated heterocycles. The average molecular weight is 873 g/mol. The number of unbranched alkanes of at least 4 members (excludes halogenated alkanes) is 12. The van der Waals surface area contributed by atoms with Gasteiger partial charge in [0.05, 0.1) is 18.8 Å². The van der Waals surface area contributed by atoms with E-state index in [4.69, 9.17) is 23.3 Å². The first-order valence-corrected chi connectivity index (χ1v) is 24.1. The van der Waals surface area contributed by atoms with Gasteiger partial charge in [-0.3, -0.25) is 18.6 Å². The van der Waals surface area contributed by atoms with E-state index in [-0.39, 0.29) is 12.8 Å². The van der Waals surface area contributed by atoms with Crippen LogP contribution in [0.4, 0.5) is 0 Å². The summed E-state index contributed by atoms with van der Waals surface area (Å²) in [6.45, 7) is 3.17. The monoisotopic (exact) mass is 873 g/mol. The van der Waals surface area contributed by atoms with Crippen LogP contribution in [0.1, 0.15) is 155 Å². The van der Waals surface area contributed by atoms with Crippen molar-refractivity contribution >= 4 is 19.8 Å². The third kappa shape index (κ3) is 24.4. The molecule has 346 valence electrons. The Labute approximate surface area is 358 Å². The van der Waals surface area contributed by atoms with Gasteiger partial charge in [0.2, 0.25) is 0 Å². The Morgan fingerprint density at radius 3 is 1.72 bits per heavy atom. The minimum absolute atomic E-state index is 0.0400. The molecule has 0 aromatic heterocycles. The number of esters is 2.